The summed E-state index contributed by atoms with van der Waals surface area (Å²) in [4.78, 5) is 29.2. The fourth-order valence-corrected chi connectivity index (χ4v) is 3.34. The predicted molar refractivity (Wildman–Crippen MR) is 118 cm³/mol. The van der Waals surface area contributed by atoms with Crippen LogP contribution in [0, 0.1) is 6.92 Å². The molecule has 2 heterocycles. The van der Waals surface area contributed by atoms with Crippen molar-refractivity contribution in [1.29, 1.82) is 0 Å². The van der Waals surface area contributed by atoms with Gasteiger partial charge in [-0.3, -0.25) is 14.2 Å². The van der Waals surface area contributed by atoms with Crippen molar-refractivity contribution in [3.63, 3.8) is 0 Å². The zero-order valence-corrected chi connectivity index (χ0v) is 18.0. The maximum Gasteiger partial charge on any atom is 0.416 e. The molecule has 0 radical (unpaired) electrons. The van der Waals surface area contributed by atoms with E-state index in [1.54, 1.807) is 0 Å². The smallest absolute Gasteiger partial charge is 0.416 e. The molecule has 0 aliphatic heterocycles. The second-order valence-corrected chi connectivity index (χ2v) is 7.53. The number of aromatic nitrogens is 4. The van der Waals surface area contributed by atoms with E-state index in [1.165, 1.54) is 24.7 Å². The number of carbonyl (C=O) groups excluding carboxylic acids is 1. The number of hydrogen-bond donors (Lipinski definition) is 1. The van der Waals surface area contributed by atoms with Crippen LogP contribution in [0.25, 0.3) is 16.7 Å². The van der Waals surface area contributed by atoms with E-state index in [-0.39, 0.29) is 36.4 Å². The summed E-state index contributed by atoms with van der Waals surface area (Å²) in [5, 5.41) is 6.76. The van der Waals surface area contributed by atoms with Gasteiger partial charge in [-0.1, -0.05) is 18.2 Å². The first-order chi connectivity index (χ1) is 16.2. The highest BCUT2D eigenvalue weighted by atomic mass is 19.4. The summed E-state index contributed by atoms with van der Waals surface area (Å²) in [7, 11) is 0. The third-order valence-corrected chi connectivity index (χ3v) is 4.97. The molecule has 2 aromatic carbocycles. The van der Waals surface area contributed by atoms with Gasteiger partial charge in [0.25, 0.3) is 5.56 Å². The van der Waals surface area contributed by atoms with Gasteiger partial charge in [-0.25, -0.2) is 9.67 Å². The fourth-order valence-electron chi connectivity index (χ4n) is 3.34. The van der Waals surface area contributed by atoms with Gasteiger partial charge >= 0.3 is 6.18 Å². The maximum absolute atomic E-state index is 13.0. The van der Waals surface area contributed by atoms with Crippen LogP contribution < -0.4 is 15.6 Å². The molecule has 0 spiro atoms. The summed E-state index contributed by atoms with van der Waals surface area (Å²) >= 11 is 0. The summed E-state index contributed by atoms with van der Waals surface area (Å²) in [5.41, 5.74) is -0.118. The molecule has 34 heavy (non-hydrogen) atoms. The van der Waals surface area contributed by atoms with Gasteiger partial charge in [0, 0.05) is 0 Å². The van der Waals surface area contributed by atoms with Gasteiger partial charge < -0.3 is 10.1 Å². The van der Waals surface area contributed by atoms with E-state index in [0.29, 0.717) is 5.75 Å². The van der Waals surface area contributed by atoms with Crippen molar-refractivity contribution in [3.8, 4) is 11.4 Å². The molecule has 4 aromatic rings. The first-order valence-corrected chi connectivity index (χ1v) is 10.3. The van der Waals surface area contributed by atoms with Gasteiger partial charge in [-0.05, 0) is 42.8 Å². The minimum Gasteiger partial charge on any atom is -0.492 e. The Morgan fingerprint density at radius 3 is 2.71 bits per heavy atom. The van der Waals surface area contributed by atoms with E-state index in [0.717, 1.165) is 26.9 Å². The summed E-state index contributed by atoms with van der Waals surface area (Å²) in [6.45, 7) is 2.16. The van der Waals surface area contributed by atoms with Gasteiger partial charge in [0.1, 0.15) is 30.6 Å². The summed E-state index contributed by atoms with van der Waals surface area (Å²) in [5.74, 6) is 0.277. The van der Waals surface area contributed by atoms with Crippen LogP contribution in [0.3, 0.4) is 0 Å². The van der Waals surface area contributed by atoms with Crippen LogP contribution in [0.5, 0.6) is 5.75 Å². The Morgan fingerprint density at radius 1 is 1.15 bits per heavy atom. The minimum atomic E-state index is -4.52. The highest BCUT2D eigenvalue weighted by Crippen LogP contribution is 2.30. The van der Waals surface area contributed by atoms with Crippen LogP contribution in [-0.2, 0) is 17.5 Å². The van der Waals surface area contributed by atoms with E-state index in [2.05, 4.69) is 15.4 Å². The van der Waals surface area contributed by atoms with E-state index >= 15 is 0 Å². The summed E-state index contributed by atoms with van der Waals surface area (Å²) in [6.07, 6.45) is -2.13. The maximum atomic E-state index is 13.0. The molecular weight excluding hydrogens is 451 g/mol. The largest absolute Gasteiger partial charge is 0.492 e. The van der Waals surface area contributed by atoms with Crippen molar-refractivity contribution in [2.24, 2.45) is 0 Å². The molecule has 0 atom stereocenters. The fraction of sp³-hybridized carbons (Fsp3) is 0.217. The van der Waals surface area contributed by atoms with Gasteiger partial charge in [-0.15, -0.1) is 0 Å². The number of aryl methyl sites for hydroxylation is 1. The number of benzene rings is 2. The van der Waals surface area contributed by atoms with Gasteiger partial charge in [0.2, 0.25) is 5.91 Å². The average molecular weight is 471 g/mol. The van der Waals surface area contributed by atoms with E-state index < -0.39 is 23.2 Å². The van der Waals surface area contributed by atoms with Gasteiger partial charge in [0.15, 0.2) is 5.65 Å². The van der Waals surface area contributed by atoms with Crippen LogP contribution in [0.4, 0.5) is 13.2 Å². The number of hydrogen-bond acceptors (Lipinski definition) is 5. The number of carbonyl (C=O) groups is 1. The third kappa shape index (κ3) is 5.08. The average Bonchev–Trinajstić information content (AvgIpc) is 3.23. The molecule has 1 N–H and O–H groups in total. The lowest BCUT2D eigenvalue weighted by atomic mass is 10.2. The van der Waals surface area contributed by atoms with Crippen LogP contribution >= 0.6 is 0 Å². The lowest BCUT2D eigenvalue weighted by Gasteiger charge is -2.10. The Morgan fingerprint density at radius 2 is 1.94 bits per heavy atom. The molecule has 0 bridgehead atoms. The van der Waals surface area contributed by atoms with Crippen molar-refractivity contribution >= 4 is 16.9 Å². The number of fused-ring (bicyclic) bond motifs is 1. The van der Waals surface area contributed by atoms with E-state index in [1.807, 2.05) is 31.2 Å². The van der Waals surface area contributed by atoms with Crippen molar-refractivity contribution in [2.45, 2.75) is 19.6 Å². The second kappa shape index (κ2) is 9.38. The molecule has 1 amide bonds. The number of alkyl halides is 3. The van der Waals surface area contributed by atoms with E-state index in [9.17, 15) is 22.8 Å². The van der Waals surface area contributed by atoms with Crippen LogP contribution in [0.15, 0.2) is 65.8 Å². The first kappa shape index (κ1) is 23.0. The lowest BCUT2D eigenvalue weighted by molar-refractivity contribution is -0.137. The first-order valence-electron chi connectivity index (χ1n) is 10.3. The van der Waals surface area contributed by atoms with Gasteiger partial charge in [0.05, 0.1) is 24.0 Å². The Hall–Kier alpha value is -4.15. The highest BCUT2D eigenvalue weighted by Gasteiger charge is 2.30. The highest BCUT2D eigenvalue weighted by molar-refractivity contribution is 5.77. The molecule has 0 unspecified atom stereocenters. The Kier molecular flexibility index (Phi) is 6.35. The SMILES string of the molecule is Cc1cccc(OCCNC(=O)Cn2cnc3c(cnn3-c3cccc(C(F)(F)F)c3)c2=O)c1. The molecule has 176 valence electrons. The third-order valence-electron chi connectivity index (χ3n) is 4.97. The number of ether oxygens (including phenoxy) is 1. The van der Waals surface area contributed by atoms with Crippen molar-refractivity contribution < 1.29 is 22.7 Å². The number of nitrogens with one attached hydrogen (secondary N) is 1. The topological polar surface area (TPSA) is 91.0 Å². The number of rotatable bonds is 7. The summed E-state index contributed by atoms with van der Waals surface area (Å²) < 4.78 is 46.9. The second-order valence-electron chi connectivity index (χ2n) is 7.53. The molecule has 0 aliphatic rings. The number of amides is 1. The van der Waals surface area contributed by atoms with Gasteiger partial charge in [-0.2, -0.15) is 18.3 Å². The molecule has 0 saturated heterocycles. The van der Waals surface area contributed by atoms with Crippen LogP contribution in [0.2, 0.25) is 0 Å². The quantitative estimate of drug-likeness (QED) is 0.419. The zero-order valence-electron chi connectivity index (χ0n) is 18.0. The Bertz CT molecular complexity index is 1390. The van der Waals surface area contributed by atoms with Crippen LogP contribution in [-0.4, -0.2) is 38.4 Å². The Labute approximate surface area is 191 Å². The normalized spacial score (nSPS) is 11.5. The van der Waals surface area contributed by atoms with Crippen molar-refractivity contribution in [2.75, 3.05) is 13.2 Å². The molecule has 8 nitrogen and oxygen atoms in total. The molecule has 0 fully saturated rings. The molecule has 4 rings (SSSR count). The molecule has 2 aromatic heterocycles. The number of halogens is 3. The zero-order chi connectivity index (χ0) is 24.3. The molecule has 0 saturated carbocycles. The van der Waals surface area contributed by atoms with Crippen LogP contribution in [0.1, 0.15) is 11.1 Å². The Balaban J connectivity index is 1.43. The molecular formula is C23H20F3N5O3. The monoisotopic (exact) mass is 471 g/mol. The van der Waals surface area contributed by atoms with Crippen molar-refractivity contribution in [1.82, 2.24) is 24.6 Å². The predicted octanol–water partition coefficient (Wildman–Crippen LogP) is 3.10. The van der Waals surface area contributed by atoms with E-state index in [4.69, 9.17) is 4.74 Å². The lowest BCUT2D eigenvalue weighted by Crippen LogP contribution is -2.34. The number of nitrogens with zero attached hydrogens (tertiary/aromatic N) is 4. The standard InChI is InChI=1S/C23H20F3N5O3/c1-15-4-2-7-18(10-15)34-9-8-27-20(32)13-30-14-28-21-19(22(30)33)12-29-31(21)17-6-3-5-16(11-17)23(24,25)26/h2-7,10-12,14H,8-9,13H2,1H3,(H,27,32). The minimum absolute atomic E-state index is 0.0792. The molecule has 11 heteroatoms. The molecule has 0 aliphatic carbocycles. The summed E-state index contributed by atoms with van der Waals surface area (Å²) in [6, 6.07) is 12.1. The van der Waals surface area contributed by atoms with Crippen molar-refractivity contribution in [3.05, 3.63) is 82.5 Å².